The van der Waals surface area contributed by atoms with Crippen molar-refractivity contribution in [3.63, 3.8) is 0 Å². The predicted molar refractivity (Wildman–Crippen MR) is 85.0 cm³/mol. The average Bonchev–Trinajstić information content (AvgIpc) is 2.95. The highest BCUT2D eigenvalue weighted by Crippen LogP contribution is 2.27. The molecule has 3 heterocycles. The van der Waals surface area contributed by atoms with Crippen LogP contribution in [-0.2, 0) is 16.1 Å². The van der Waals surface area contributed by atoms with Crippen LogP contribution in [0, 0.1) is 6.92 Å². The van der Waals surface area contributed by atoms with Crippen molar-refractivity contribution in [1.29, 1.82) is 0 Å². The summed E-state index contributed by atoms with van der Waals surface area (Å²) in [6.07, 6.45) is 2.20. The van der Waals surface area contributed by atoms with Crippen LogP contribution in [0.4, 0.5) is 0 Å². The number of fused-ring (bicyclic) bond motifs is 3. The van der Waals surface area contributed by atoms with E-state index >= 15 is 0 Å². The Balaban J connectivity index is 1.58. The molecule has 1 aromatic heterocycles. The van der Waals surface area contributed by atoms with E-state index in [-0.39, 0.29) is 0 Å². The quantitative estimate of drug-likeness (QED) is 0.944. The van der Waals surface area contributed by atoms with Crippen LogP contribution in [0.2, 0.25) is 0 Å². The van der Waals surface area contributed by atoms with Gasteiger partial charge in [-0.2, -0.15) is 0 Å². The Hall–Kier alpha value is -1.43. The van der Waals surface area contributed by atoms with Gasteiger partial charge in [-0.05, 0) is 31.4 Å². The second kappa shape index (κ2) is 5.99. The van der Waals surface area contributed by atoms with E-state index in [0.29, 0.717) is 18.7 Å². The first kappa shape index (κ1) is 14.2. The molecule has 0 amide bonds. The van der Waals surface area contributed by atoms with E-state index in [0.717, 1.165) is 50.5 Å². The van der Waals surface area contributed by atoms with Gasteiger partial charge in [0.1, 0.15) is 12.4 Å². The highest BCUT2D eigenvalue weighted by molar-refractivity contribution is 5.79. The summed E-state index contributed by atoms with van der Waals surface area (Å²) in [4.78, 5) is 4.79. The molecule has 4 rings (SSSR count). The van der Waals surface area contributed by atoms with Crippen LogP contribution < -0.4 is 5.32 Å². The third-order valence-corrected chi connectivity index (χ3v) is 4.76. The molecule has 1 aromatic carbocycles. The smallest absolute Gasteiger partial charge is 0.136 e. The van der Waals surface area contributed by atoms with Gasteiger partial charge < -0.3 is 19.4 Å². The maximum atomic E-state index is 5.77. The van der Waals surface area contributed by atoms with E-state index in [9.17, 15) is 0 Å². The van der Waals surface area contributed by atoms with E-state index in [4.69, 9.17) is 14.5 Å². The highest BCUT2D eigenvalue weighted by Gasteiger charge is 2.25. The number of ether oxygens (including phenoxy) is 2. The highest BCUT2D eigenvalue weighted by atomic mass is 16.5. The molecule has 22 heavy (non-hydrogen) atoms. The van der Waals surface area contributed by atoms with Gasteiger partial charge in [0.2, 0.25) is 0 Å². The minimum Gasteiger partial charge on any atom is -0.381 e. The fourth-order valence-electron chi connectivity index (χ4n) is 3.53. The number of hydrogen-bond acceptors (Lipinski definition) is 4. The third kappa shape index (κ3) is 2.53. The van der Waals surface area contributed by atoms with Gasteiger partial charge in [-0.15, -0.1) is 0 Å². The van der Waals surface area contributed by atoms with Gasteiger partial charge >= 0.3 is 0 Å². The minimum atomic E-state index is 0.318. The third-order valence-electron chi connectivity index (χ3n) is 4.76. The molecular formula is C17H23N3O2. The van der Waals surface area contributed by atoms with Crippen molar-refractivity contribution in [3.8, 4) is 0 Å². The van der Waals surface area contributed by atoms with Crippen LogP contribution in [0.3, 0.4) is 0 Å². The number of para-hydroxylation sites is 1. The Bertz CT molecular complexity index is 661. The van der Waals surface area contributed by atoms with Gasteiger partial charge in [0, 0.05) is 25.8 Å². The first-order valence-corrected chi connectivity index (χ1v) is 8.18. The summed E-state index contributed by atoms with van der Waals surface area (Å²) in [5.74, 6) is 1.05. The summed E-state index contributed by atoms with van der Waals surface area (Å²) in [6, 6.07) is 7.29. The molecule has 2 aliphatic heterocycles. The lowest BCUT2D eigenvalue weighted by molar-refractivity contribution is 0.0491. The number of nitrogens with zero attached hydrogens (tertiary/aromatic N) is 2. The molecule has 0 saturated carbocycles. The van der Waals surface area contributed by atoms with E-state index in [1.165, 1.54) is 11.1 Å². The number of imidazole rings is 1. The molecule has 5 nitrogen and oxygen atoms in total. The van der Waals surface area contributed by atoms with Gasteiger partial charge in [-0.25, -0.2) is 4.98 Å². The normalized spacial score (nSPS) is 22.9. The van der Waals surface area contributed by atoms with Crippen molar-refractivity contribution < 1.29 is 9.47 Å². The van der Waals surface area contributed by atoms with Crippen molar-refractivity contribution in [1.82, 2.24) is 14.9 Å². The van der Waals surface area contributed by atoms with Crippen molar-refractivity contribution in [2.75, 3.05) is 26.4 Å². The second-order valence-corrected chi connectivity index (χ2v) is 6.30. The van der Waals surface area contributed by atoms with Crippen molar-refractivity contribution in [3.05, 3.63) is 29.6 Å². The Kier molecular flexibility index (Phi) is 3.86. The zero-order valence-corrected chi connectivity index (χ0v) is 13.0. The number of benzene rings is 1. The van der Waals surface area contributed by atoms with Gasteiger partial charge in [0.25, 0.3) is 0 Å². The van der Waals surface area contributed by atoms with Crippen LogP contribution >= 0.6 is 0 Å². The number of aryl methyl sites for hydroxylation is 1. The molecule has 0 radical (unpaired) electrons. The molecule has 5 heteroatoms. The molecule has 0 aliphatic carbocycles. The first-order valence-electron chi connectivity index (χ1n) is 8.18. The fourth-order valence-corrected chi connectivity index (χ4v) is 3.53. The number of nitrogens with one attached hydrogen (secondary N) is 1. The molecule has 1 fully saturated rings. The summed E-state index contributed by atoms with van der Waals surface area (Å²) in [5, 5.41) is 3.69. The van der Waals surface area contributed by atoms with Crippen LogP contribution in [0.25, 0.3) is 11.0 Å². The molecule has 2 aromatic rings. The molecule has 1 N–H and O–H groups in total. The Morgan fingerprint density at radius 2 is 2.14 bits per heavy atom. The van der Waals surface area contributed by atoms with Gasteiger partial charge in [0.15, 0.2) is 0 Å². The minimum absolute atomic E-state index is 0.318. The van der Waals surface area contributed by atoms with Crippen LogP contribution in [-0.4, -0.2) is 42.0 Å². The number of rotatable bonds is 3. The number of aromatic nitrogens is 2. The van der Waals surface area contributed by atoms with Gasteiger partial charge in [0.05, 0.1) is 23.7 Å². The molecule has 118 valence electrons. The van der Waals surface area contributed by atoms with Crippen LogP contribution in [0.15, 0.2) is 18.2 Å². The summed E-state index contributed by atoms with van der Waals surface area (Å²) in [6.45, 7) is 6.16. The fraction of sp³-hybridized carbons (Fsp3) is 0.588. The largest absolute Gasteiger partial charge is 0.381 e. The molecule has 2 aliphatic rings. The Morgan fingerprint density at radius 3 is 3.00 bits per heavy atom. The monoisotopic (exact) mass is 301 g/mol. The Morgan fingerprint density at radius 1 is 1.27 bits per heavy atom. The molecular weight excluding hydrogens is 278 g/mol. The van der Waals surface area contributed by atoms with Crippen LogP contribution in [0.1, 0.15) is 30.3 Å². The van der Waals surface area contributed by atoms with E-state index in [2.05, 4.69) is 35.0 Å². The van der Waals surface area contributed by atoms with Crippen molar-refractivity contribution >= 4 is 11.0 Å². The maximum Gasteiger partial charge on any atom is 0.136 e. The van der Waals surface area contributed by atoms with Crippen LogP contribution in [0.5, 0.6) is 0 Å². The lowest BCUT2D eigenvalue weighted by Crippen LogP contribution is -2.40. The lowest BCUT2D eigenvalue weighted by Gasteiger charge is -2.30. The Labute approximate surface area is 130 Å². The lowest BCUT2D eigenvalue weighted by atomic mass is 10.1. The molecule has 0 bridgehead atoms. The summed E-state index contributed by atoms with van der Waals surface area (Å²) in [7, 11) is 0. The molecule has 0 spiro atoms. The second-order valence-electron chi connectivity index (χ2n) is 6.30. The SMILES string of the molecule is Cc1cccc2c1nc1n2[C@@H](CNC2CCOCC2)COC1. The average molecular weight is 301 g/mol. The predicted octanol–water partition coefficient (Wildman–Crippen LogP) is 2.18. The zero-order chi connectivity index (χ0) is 14.9. The summed E-state index contributed by atoms with van der Waals surface area (Å²) < 4.78 is 13.6. The summed E-state index contributed by atoms with van der Waals surface area (Å²) >= 11 is 0. The van der Waals surface area contributed by atoms with E-state index in [1.54, 1.807) is 0 Å². The van der Waals surface area contributed by atoms with Gasteiger partial charge in [-0.3, -0.25) is 0 Å². The molecule has 1 saturated heterocycles. The van der Waals surface area contributed by atoms with E-state index in [1.807, 2.05) is 0 Å². The van der Waals surface area contributed by atoms with Crippen molar-refractivity contribution in [2.24, 2.45) is 0 Å². The topological polar surface area (TPSA) is 48.3 Å². The maximum absolute atomic E-state index is 5.77. The summed E-state index contributed by atoms with van der Waals surface area (Å²) in [5.41, 5.74) is 3.58. The first-order chi connectivity index (χ1) is 10.8. The van der Waals surface area contributed by atoms with Crippen molar-refractivity contribution in [2.45, 2.75) is 38.5 Å². The molecule has 1 atom stereocenters. The van der Waals surface area contributed by atoms with E-state index < -0.39 is 0 Å². The standard InChI is InChI=1S/C17H23N3O2/c1-12-3-2-4-15-17(12)19-16-11-22-10-14(20(15)16)9-18-13-5-7-21-8-6-13/h2-4,13-14,18H,5-11H2,1H3/t14-/m0/s1. The zero-order valence-electron chi connectivity index (χ0n) is 13.0. The number of hydrogen-bond donors (Lipinski definition) is 1. The molecule has 0 unspecified atom stereocenters. The van der Waals surface area contributed by atoms with Gasteiger partial charge in [-0.1, -0.05) is 12.1 Å².